The van der Waals surface area contributed by atoms with Crippen LogP contribution in [0.15, 0.2) is 30.3 Å². The van der Waals surface area contributed by atoms with E-state index in [-0.39, 0.29) is 12.7 Å². The monoisotopic (exact) mass is 424 g/mol. The first-order valence-corrected chi connectivity index (χ1v) is 10.2. The van der Waals surface area contributed by atoms with E-state index in [1.54, 1.807) is 29.6 Å². The second kappa shape index (κ2) is 8.10. The number of carbonyl (C=O) groups is 1. The highest BCUT2D eigenvalue weighted by molar-refractivity contribution is 7.16. The van der Waals surface area contributed by atoms with Gasteiger partial charge in [-0.3, -0.25) is 9.69 Å². The number of amides is 1. The summed E-state index contributed by atoms with van der Waals surface area (Å²) in [5.74, 6) is 1.17. The lowest BCUT2D eigenvalue weighted by molar-refractivity contribution is -0.127. The first kappa shape index (κ1) is 18.6. The summed E-state index contributed by atoms with van der Waals surface area (Å²) in [6.45, 7) is 4.18. The van der Waals surface area contributed by atoms with E-state index in [1.165, 1.54) is 4.88 Å². The van der Waals surface area contributed by atoms with Crippen molar-refractivity contribution in [2.75, 3.05) is 33.0 Å². The van der Waals surface area contributed by atoms with Crippen molar-refractivity contribution in [2.45, 2.75) is 6.54 Å². The van der Waals surface area contributed by atoms with Crippen molar-refractivity contribution >= 4 is 46.5 Å². The van der Waals surface area contributed by atoms with E-state index in [0.717, 1.165) is 29.5 Å². The second-order valence-corrected chi connectivity index (χ2v) is 8.58. The summed E-state index contributed by atoms with van der Waals surface area (Å²) in [6.07, 6.45) is 3.35. The summed E-state index contributed by atoms with van der Waals surface area (Å²) in [5, 5.41) is 0.486. The van der Waals surface area contributed by atoms with Crippen LogP contribution in [0, 0.1) is 0 Å². The number of hydrogen-bond donors (Lipinski definition) is 0. The molecule has 0 aliphatic carbocycles. The third-order valence-electron chi connectivity index (χ3n) is 4.56. The zero-order valence-corrected chi connectivity index (χ0v) is 16.8. The van der Waals surface area contributed by atoms with Crippen LogP contribution in [-0.4, -0.2) is 48.7 Å². The van der Waals surface area contributed by atoms with E-state index in [2.05, 4.69) is 11.0 Å². The van der Waals surface area contributed by atoms with Gasteiger partial charge in [-0.25, -0.2) is 0 Å². The highest BCUT2D eigenvalue weighted by Gasteiger charge is 2.21. The van der Waals surface area contributed by atoms with Crippen molar-refractivity contribution in [3.05, 3.63) is 50.1 Å². The highest BCUT2D eigenvalue weighted by atomic mass is 35.5. The van der Waals surface area contributed by atoms with Gasteiger partial charge in [0.2, 0.25) is 12.7 Å². The molecular formula is C19H18Cl2N2O3S. The minimum atomic E-state index is 0.00241. The second-order valence-electron chi connectivity index (χ2n) is 6.38. The molecule has 0 bridgehead atoms. The molecule has 1 saturated heterocycles. The first-order valence-electron chi connectivity index (χ1n) is 8.61. The number of thiophene rings is 1. The molecule has 3 heterocycles. The van der Waals surface area contributed by atoms with Gasteiger partial charge in [0.25, 0.3) is 0 Å². The van der Waals surface area contributed by atoms with Gasteiger partial charge in [0.15, 0.2) is 11.5 Å². The van der Waals surface area contributed by atoms with E-state index in [4.69, 9.17) is 32.7 Å². The first-order chi connectivity index (χ1) is 13.1. The minimum absolute atomic E-state index is 0.00241. The summed E-state index contributed by atoms with van der Waals surface area (Å²) >= 11 is 13.8. The molecule has 1 aromatic carbocycles. The zero-order valence-electron chi connectivity index (χ0n) is 14.5. The predicted octanol–water partition coefficient (Wildman–Crippen LogP) is 4.14. The SMILES string of the molecule is O=C(/C=C/c1cc(Cl)c2c(c1)OCO2)N1CCN(Cc2ccc(Cl)s2)CC1. The van der Waals surface area contributed by atoms with Gasteiger partial charge in [0.1, 0.15) is 0 Å². The molecule has 0 saturated carbocycles. The summed E-state index contributed by atoms with van der Waals surface area (Å²) < 4.78 is 11.5. The van der Waals surface area contributed by atoms with Crippen LogP contribution in [0.3, 0.4) is 0 Å². The van der Waals surface area contributed by atoms with Crippen LogP contribution in [0.5, 0.6) is 11.5 Å². The molecular weight excluding hydrogens is 407 g/mol. The Labute approximate surface area is 171 Å². The lowest BCUT2D eigenvalue weighted by atomic mass is 10.2. The molecule has 8 heteroatoms. The van der Waals surface area contributed by atoms with Crippen LogP contribution < -0.4 is 9.47 Å². The maximum absolute atomic E-state index is 12.5. The Kier molecular flexibility index (Phi) is 5.59. The maximum Gasteiger partial charge on any atom is 0.246 e. The van der Waals surface area contributed by atoms with Crippen molar-refractivity contribution in [1.29, 1.82) is 0 Å². The number of ether oxygens (including phenoxy) is 2. The van der Waals surface area contributed by atoms with Crippen LogP contribution >= 0.6 is 34.5 Å². The van der Waals surface area contributed by atoms with Crippen LogP contribution in [0.25, 0.3) is 6.08 Å². The number of halogens is 2. The molecule has 27 heavy (non-hydrogen) atoms. The lowest BCUT2D eigenvalue weighted by Crippen LogP contribution is -2.47. The van der Waals surface area contributed by atoms with Crippen LogP contribution in [0.4, 0.5) is 0 Å². The lowest BCUT2D eigenvalue weighted by Gasteiger charge is -2.33. The van der Waals surface area contributed by atoms with Gasteiger partial charge >= 0.3 is 0 Å². The predicted molar refractivity (Wildman–Crippen MR) is 108 cm³/mol. The Morgan fingerprint density at radius 1 is 1.15 bits per heavy atom. The number of benzene rings is 1. The number of carbonyl (C=O) groups excluding carboxylic acids is 1. The Hall–Kier alpha value is -1.73. The largest absolute Gasteiger partial charge is 0.454 e. The molecule has 4 rings (SSSR count). The topological polar surface area (TPSA) is 42.0 Å². The molecule has 0 radical (unpaired) electrons. The van der Waals surface area contributed by atoms with E-state index >= 15 is 0 Å². The van der Waals surface area contributed by atoms with E-state index < -0.39 is 0 Å². The summed E-state index contributed by atoms with van der Waals surface area (Å²) in [5.41, 5.74) is 0.811. The molecule has 1 aromatic heterocycles. The molecule has 0 unspecified atom stereocenters. The molecule has 0 atom stereocenters. The Morgan fingerprint density at radius 3 is 2.70 bits per heavy atom. The minimum Gasteiger partial charge on any atom is -0.454 e. The Balaban J connectivity index is 1.32. The zero-order chi connectivity index (χ0) is 18.8. The van der Waals surface area contributed by atoms with Gasteiger partial charge in [-0.05, 0) is 35.9 Å². The van der Waals surface area contributed by atoms with Gasteiger partial charge in [-0.1, -0.05) is 23.2 Å². The Bertz CT molecular complexity index is 876. The van der Waals surface area contributed by atoms with E-state index in [1.807, 2.05) is 17.0 Å². The van der Waals surface area contributed by atoms with Crippen molar-refractivity contribution in [2.24, 2.45) is 0 Å². The van der Waals surface area contributed by atoms with Crippen LogP contribution in [0.1, 0.15) is 10.4 Å². The highest BCUT2D eigenvalue weighted by Crippen LogP contribution is 2.40. The van der Waals surface area contributed by atoms with Gasteiger partial charge in [0, 0.05) is 43.7 Å². The maximum atomic E-state index is 12.5. The van der Waals surface area contributed by atoms with E-state index in [9.17, 15) is 4.79 Å². The quantitative estimate of drug-likeness (QED) is 0.691. The molecule has 1 amide bonds. The van der Waals surface area contributed by atoms with Crippen molar-refractivity contribution in [3.63, 3.8) is 0 Å². The van der Waals surface area contributed by atoms with Gasteiger partial charge in [0.05, 0.1) is 9.36 Å². The molecule has 0 N–H and O–H groups in total. The van der Waals surface area contributed by atoms with Gasteiger partial charge in [-0.15, -0.1) is 11.3 Å². The molecule has 1 fully saturated rings. The number of nitrogens with zero attached hydrogens (tertiary/aromatic N) is 2. The smallest absolute Gasteiger partial charge is 0.246 e. The third-order valence-corrected chi connectivity index (χ3v) is 6.06. The van der Waals surface area contributed by atoms with Crippen molar-refractivity contribution in [1.82, 2.24) is 9.80 Å². The van der Waals surface area contributed by atoms with Crippen molar-refractivity contribution < 1.29 is 14.3 Å². The number of piperazine rings is 1. The van der Waals surface area contributed by atoms with Crippen LogP contribution in [-0.2, 0) is 11.3 Å². The van der Waals surface area contributed by atoms with E-state index in [0.29, 0.717) is 29.6 Å². The molecule has 2 aliphatic heterocycles. The molecule has 142 valence electrons. The normalized spacial score (nSPS) is 17.0. The molecule has 2 aliphatic rings. The summed E-state index contributed by atoms with van der Waals surface area (Å²) in [4.78, 5) is 17.9. The fourth-order valence-corrected chi connectivity index (χ4v) is 4.54. The molecule has 2 aromatic rings. The average Bonchev–Trinajstić information content (AvgIpc) is 3.29. The standard InChI is InChI=1S/C19H18Cl2N2O3S/c20-15-9-13(10-16-19(15)26-12-25-16)1-4-18(24)23-7-5-22(6-8-23)11-14-2-3-17(21)27-14/h1-4,9-10H,5-8,11-12H2/b4-1+. The Morgan fingerprint density at radius 2 is 1.96 bits per heavy atom. The van der Waals surface area contributed by atoms with Gasteiger partial charge in [-0.2, -0.15) is 0 Å². The number of hydrogen-bond acceptors (Lipinski definition) is 5. The number of rotatable bonds is 4. The summed E-state index contributed by atoms with van der Waals surface area (Å²) in [7, 11) is 0. The third kappa shape index (κ3) is 4.41. The molecule has 0 spiro atoms. The van der Waals surface area contributed by atoms with Gasteiger partial charge < -0.3 is 14.4 Å². The van der Waals surface area contributed by atoms with Crippen molar-refractivity contribution in [3.8, 4) is 11.5 Å². The number of fused-ring (bicyclic) bond motifs is 1. The average molecular weight is 425 g/mol. The van der Waals surface area contributed by atoms with Crippen LogP contribution in [0.2, 0.25) is 9.36 Å². The fraction of sp³-hybridized carbons (Fsp3) is 0.316. The molecule has 5 nitrogen and oxygen atoms in total. The summed E-state index contributed by atoms with van der Waals surface area (Å²) in [6, 6.07) is 7.57. The fourth-order valence-electron chi connectivity index (χ4n) is 3.14.